The van der Waals surface area contributed by atoms with Gasteiger partial charge in [0.25, 0.3) is 0 Å². The molecule has 0 N–H and O–H groups in total. The zero-order chi connectivity index (χ0) is 12.5. The van der Waals surface area contributed by atoms with Crippen LogP contribution < -0.4 is 4.90 Å². The van der Waals surface area contributed by atoms with Crippen molar-refractivity contribution in [3.63, 3.8) is 0 Å². The van der Waals surface area contributed by atoms with Crippen LogP contribution in [0.5, 0.6) is 0 Å². The second-order valence-corrected chi connectivity index (χ2v) is 5.54. The van der Waals surface area contributed by atoms with Crippen molar-refractivity contribution in [2.75, 3.05) is 18.5 Å². The third kappa shape index (κ3) is 2.79. The quantitative estimate of drug-likeness (QED) is 0.789. The molecular weight excluding hydrogens is 208 g/mol. The molecule has 2 heteroatoms. The molecule has 1 fully saturated rings. The minimum absolute atomic E-state index is 0.279. The SMILES string of the molecule is Cc1cc(C)cc(N(C)CC2(CC#N)CC2)c1. The number of benzene rings is 1. The molecule has 0 bridgehead atoms. The van der Waals surface area contributed by atoms with E-state index >= 15 is 0 Å². The van der Waals surface area contributed by atoms with Gasteiger partial charge >= 0.3 is 0 Å². The van der Waals surface area contributed by atoms with Crippen LogP contribution in [0.2, 0.25) is 0 Å². The number of hydrogen-bond acceptors (Lipinski definition) is 2. The van der Waals surface area contributed by atoms with Crippen LogP contribution >= 0.6 is 0 Å². The fourth-order valence-corrected chi connectivity index (χ4v) is 2.50. The van der Waals surface area contributed by atoms with Gasteiger partial charge in [0.15, 0.2) is 0 Å². The Morgan fingerprint density at radius 2 is 1.82 bits per heavy atom. The van der Waals surface area contributed by atoms with Gasteiger partial charge in [0.1, 0.15) is 0 Å². The average molecular weight is 228 g/mol. The van der Waals surface area contributed by atoms with Crippen LogP contribution in [-0.2, 0) is 0 Å². The standard InChI is InChI=1S/C15H20N2/c1-12-8-13(2)10-14(9-12)17(3)11-15(4-5-15)6-7-16/h8-10H,4-6,11H2,1-3H3. The molecule has 1 aliphatic rings. The smallest absolute Gasteiger partial charge is 0.0628 e. The molecule has 2 rings (SSSR count). The van der Waals surface area contributed by atoms with Gasteiger partial charge in [0.2, 0.25) is 0 Å². The number of anilines is 1. The monoisotopic (exact) mass is 228 g/mol. The normalized spacial score (nSPS) is 16.4. The zero-order valence-electron chi connectivity index (χ0n) is 11.0. The van der Waals surface area contributed by atoms with Crippen molar-refractivity contribution in [1.82, 2.24) is 0 Å². The predicted molar refractivity (Wildman–Crippen MR) is 71.1 cm³/mol. The Bertz CT molecular complexity index is 432. The summed E-state index contributed by atoms with van der Waals surface area (Å²) >= 11 is 0. The van der Waals surface area contributed by atoms with E-state index in [2.05, 4.69) is 50.1 Å². The van der Waals surface area contributed by atoms with Crippen molar-refractivity contribution in [3.8, 4) is 6.07 Å². The summed E-state index contributed by atoms with van der Waals surface area (Å²) in [5.41, 5.74) is 4.15. The van der Waals surface area contributed by atoms with Crippen molar-refractivity contribution in [2.45, 2.75) is 33.1 Å². The number of rotatable bonds is 4. The first-order valence-corrected chi connectivity index (χ1v) is 6.21. The van der Waals surface area contributed by atoms with Gasteiger partial charge in [-0.1, -0.05) is 6.07 Å². The largest absolute Gasteiger partial charge is 0.374 e. The molecule has 1 aromatic carbocycles. The van der Waals surface area contributed by atoms with Crippen molar-refractivity contribution < 1.29 is 0 Å². The highest BCUT2D eigenvalue weighted by Gasteiger charge is 2.43. The van der Waals surface area contributed by atoms with Gasteiger partial charge in [-0.05, 0) is 49.9 Å². The summed E-state index contributed by atoms with van der Waals surface area (Å²) in [4.78, 5) is 2.30. The summed E-state index contributed by atoms with van der Waals surface area (Å²) in [6.45, 7) is 5.27. The zero-order valence-corrected chi connectivity index (χ0v) is 11.0. The Kier molecular flexibility index (Phi) is 3.11. The van der Waals surface area contributed by atoms with Crippen molar-refractivity contribution in [2.24, 2.45) is 5.41 Å². The van der Waals surface area contributed by atoms with E-state index in [0.717, 1.165) is 6.54 Å². The molecule has 0 atom stereocenters. The van der Waals surface area contributed by atoms with Gasteiger partial charge in [-0.2, -0.15) is 5.26 Å². The van der Waals surface area contributed by atoms with E-state index in [4.69, 9.17) is 5.26 Å². The second-order valence-electron chi connectivity index (χ2n) is 5.54. The van der Waals surface area contributed by atoms with Crippen molar-refractivity contribution in [3.05, 3.63) is 29.3 Å². The van der Waals surface area contributed by atoms with E-state index in [9.17, 15) is 0 Å². The third-order valence-electron chi connectivity index (χ3n) is 3.63. The minimum Gasteiger partial charge on any atom is -0.374 e. The van der Waals surface area contributed by atoms with E-state index in [0.29, 0.717) is 6.42 Å². The van der Waals surface area contributed by atoms with Crippen molar-refractivity contribution in [1.29, 1.82) is 5.26 Å². The molecule has 0 heterocycles. The van der Waals surface area contributed by atoms with E-state index in [1.54, 1.807) is 0 Å². The fourth-order valence-electron chi connectivity index (χ4n) is 2.50. The summed E-state index contributed by atoms with van der Waals surface area (Å²) in [5.74, 6) is 0. The maximum absolute atomic E-state index is 8.85. The molecule has 1 aromatic rings. The number of hydrogen-bond donors (Lipinski definition) is 0. The number of aryl methyl sites for hydroxylation is 2. The van der Waals surface area contributed by atoms with Gasteiger partial charge in [0.05, 0.1) is 6.07 Å². The highest BCUT2D eigenvalue weighted by molar-refractivity contribution is 5.50. The topological polar surface area (TPSA) is 27.0 Å². The first-order chi connectivity index (χ1) is 8.04. The van der Waals surface area contributed by atoms with Crippen LogP contribution in [0.1, 0.15) is 30.4 Å². The van der Waals surface area contributed by atoms with Crippen LogP contribution in [-0.4, -0.2) is 13.6 Å². The predicted octanol–water partition coefficient (Wildman–Crippen LogP) is 3.43. The Morgan fingerprint density at radius 3 is 2.29 bits per heavy atom. The lowest BCUT2D eigenvalue weighted by Gasteiger charge is -2.25. The number of nitriles is 1. The molecule has 90 valence electrons. The lowest BCUT2D eigenvalue weighted by Crippen LogP contribution is -2.26. The van der Waals surface area contributed by atoms with E-state index < -0.39 is 0 Å². The third-order valence-corrected chi connectivity index (χ3v) is 3.63. The molecule has 0 spiro atoms. The van der Waals surface area contributed by atoms with Crippen molar-refractivity contribution >= 4 is 5.69 Å². The molecule has 0 amide bonds. The molecule has 0 saturated heterocycles. The lowest BCUT2D eigenvalue weighted by atomic mass is 10.0. The Hall–Kier alpha value is -1.49. The lowest BCUT2D eigenvalue weighted by molar-refractivity contribution is 0.523. The summed E-state index contributed by atoms with van der Waals surface area (Å²) < 4.78 is 0. The van der Waals surface area contributed by atoms with Crippen LogP contribution in [0, 0.1) is 30.6 Å². The summed E-state index contributed by atoms with van der Waals surface area (Å²) in [6.07, 6.45) is 3.10. The van der Waals surface area contributed by atoms with E-state index in [1.807, 2.05) is 0 Å². The van der Waals surface area contributed by atoms with Crippen LogP contribution in [0.3, 0.4) is 0 Å². The molecule has 1 saturated carbocycles. The van der Waals surface area contributed by atoms with E-state index in [1.165, 1.54) is 29.7 Å². The van der Waals surface area contributed by atoms with Gasteiger partial charge in [0, 0.05) is 31.1 Å². The van der Waals surface area contributed by atoms with Gasteiger partial charge in [-0.25, -0.2) is 0 Å². The maximum atomic E-state index is 8.85. The minimum atomic E-state index is 0.279. The van der Waals surface area contributed by atoms with Crippen LogP contribution in [0.15, 0.2) is 18.2 Å². The van der Waals surface area contributed by atoms with E-state index in [-0.39, 0.29) is 5.41 Å². The molecule has 0 radical (unpaired) electrons. The Labute approximate surface area is 104 Å². The summed E-state index contributed by atoms with van der Waals surface area (Å²) in [5, 5.41) is 8.85. The fraction of sp³-hybridized carbons (Fsp3) is 0.533. The first-order valence-electron chi connectivity index (χ1n) is 6.21. The molecule has 0 aromatic heterocycles. The molecule has 17 heavy (non-hydrogen) atoms. The second kappa shape index (κ2) is 4.41. The molecule has 0 aliphatic heterocycles. The Balaban J connectivity index is 2.10. The number of nitrogens with zero attached hydrogens (tertiary/aromatic N) is 2. The first kappa shape index (κ1) is 12.0. The molecule has 2 nitrogen and oxygen atoms in total. The van der Waals surface area contributed by atoms with Crippen LogP contribution in [0.4, 0.5) is 5.69 Å². The van der Waals surface area contributed by atoms with Gasteiger partial charge in [-0.3, -0.25) is 0 Å². The van der Waals surface area contributed by atoms with Gasteiger partial charge < -0.3 is 4.90 Å². The maximum Gasteiger partial charge on any atom is 0.0628 e. The molecule has 0 unspecified atom stereocenters. The summed E-state index contributed by atoms with van der Waals surface area (Å²) in [6, 6.07) is 8.95. The van der Waals surface area contributed by atoms with Gasteiger partial charge in [-0.15, -0.1) is 0 Å². The Morgan fingerprint density at radius 1 is 1.24 bits per heavy atom. The molecule has 1 aliphatic carbocycles. The molecular formula is C15H20N2. The highest BCUT2D eigenvalue weighted by Crippen LogP contribution is 2.49. The average Bonchev–Trinajstić information content (AvgIpc) is 2.97. The highest BCUT2D eigenvalue weighted by atomic mass is 15.1. The summed E-state index contributed by atoms with van der Waals surface area (Å²) in [7, 11) is 2.13. The van der Waals surface area contributed by atoms with Crippen LogP contribution in [0.25, 0.3) is 0 Å².